The van der Waals surface area contributed by atoms with Crippen LogP contribution in [0.2, 0.25) is 0 Å². The lowest BCUT2D eigenvalue weighted by molar-refractivity contribution is -0.116. The van der Waals surface area contributed by atoms with Gasteiger partial charge in [0.25, 0.3) is 0 Å². The Hall–Kier alpha value is -2.95. The number of nitrogens with one attached hydrogen (secondary N) is 2. The summed E-state index contributed by atoms with van der Waals surface area (Å²) in [6, 6.07) is 13.7. The highest BCUT2D eigenvalue weighted by molar-refractivity contribution is 5.91. The first-order valence-electron chi connectivity index (χ1n) is 8.54. The average molecular weight is 336 g/mol. The molecular weight excluding hydrogens is 316 g/mol. The molecule has 4 rings (SSSR count). The van der Waals surface area contributed by atoms with Gasteiger partial charge in [-0.3, -0.25) is 4.79 Å². The van der Waals surface area contributed by atoms with Gasteiger partial charge in [0, 0.05) is 35.3 Å². The summed E-state index contributed by atoms with van der Waals surface area (Å²) in [6.45, 7) is 1.10. The number of fused-ring (bicyclic) bond motifs is 2. The molecule has 3 aromatic rings. The maximum absolute atomic E-state index is 12.2. The van der Waals surface area contributed by atoms with Crippen LogP contribution in [0.3, 0.4) is 0 Å². The smallest absolute Gasteiger partial charge is 0.224 e. The number of rotatable bonds is 5. The van der Waals surface area contributed by atoms with Crippen molar-refractivity contribution in [3.63, 3.8) is 0 Å². The number of aromatic amines is 1. The van der Waals surface area contributed by atoms with E-state index in [2.05, 4.69) is 22.4 Å². The monoisotopic (exact) mass is 336 g/mol. The van der Waals surface area contributed by atoms with E-state index in [0.717, 1.165) is 29.8 Å². The third-order valence-electron chi connectivity index (χ3n) is 4.35. The van der Waals surface area contributed by atoms with E-state index in [1.54, 1.807) is 0 Å². The zero-order valence-corrected chi connectivity index (χ0v) is 13.9. The standard InChI is InChI=1S/C20H20N2O3/c23-20(22-15-8-9-18-19(12-15)25-11-10-24-18)7-3-4-14-13-21-17-6-2-1-5-16(14)17/h1-2,5-6,8-9,12-13,21H,3-4,7,10-11H2,(H,22,23). The second kappa shape index (κ2) is 6.89. The minimum Gasteiger partial charge on any atom is -0.486 e. The van der Waals surface area contributed by atoms with Gasteiger partial charge in [-0.1, -0.05) is 18.2 Å². The highest BCUT2D eigenvalue weighted by Crippen LogP contribution is 2.32. The third-order valence-corrected chi connectivity index (χ3v) is 4.35. The Labute approximate surface area is 146 Å². The Morgan fingerprint density at radius 2 is 1.92 bits per heavy atom. The lowest BCUT2D eigenvalue weighted by Crippen LogP contribution is -2.16. The molecule has 0 atom stereocenters. The second-order valence-electron chi connectivity index (χ2n) is 6.12. The molecule has 1 aliphatic rings. The van der Waals surface area contributed by atoms with Gasteiger partial charge >= 0.3 is 0 Å². The molecule has 2 aromatic carbocycles. The van der Waals surface area contributed by atoms with Crippen molar-refractivity contribution in [3.05, 3.63) is 54.2 Å². The van der Waals surface area contributed by atoms with Crippen molar-refractivity contribution >= 4 is 22.5 Å². The van der Waals surface area contributed by atoms with Crippen LogP contribution in [-0.2, 0) is 11.2 Å². The number of ether oxygens (including phenoxy) is 2. The lowest BCUT2D eigenvalue weighted by Gasteiger charge is -2.19. The molecule has 2 N–H and O–H groups in total. The molecule has 5 nitrogen and oxygen atoms in total. The normalized spacial score (nSPS) is 13.0. The number of H-pyrrole nitrogens is 1. The second-order valence-corrected chi connectivity index (χ2v) is 6.12. The molecule has 0 bridgehead atoms. The molecule has 1 amide bonds. The number of hydrogen-bond donors (Lipinski definition) is 2. The number of para-hydroxylation sites is 1. The summed E-state index contributed by atoms with van der Waals surface area (Å²) in [5.41, 5.74) is 3.13. The van der Waals surface area contributed by atoms with Gasteiger partial charge < -0.3 is 19.8 Å². The first-order valence-corrected chi connectivity index (χ1v) is 8.54. The molecule has 0 saturated carbocycles. The molecule has 0 spiro atoms. The van der Waals surface area contributed by atoms with E-state index < -0.39 is 0 Å². The molecule has 25 heavy (non-hydrogen) atoms. The van der Waals surface area contributed by atoms with E-state index >= 15 is 0 Å². The Morgan fingerprint density at radius 3 is 2.84 bits per heavy atom. The number of carbonyl (C=O) groups excluding carboxylic acids is 1. The van der Waals surface area contributed by atoms with Crippen LogP contribution >= 0.6 is 0 Å². The summed E-state index contributed by atoms with van der Waals surface area (Å²) in [7, 11) is 0. The predicted molar refractivity (Wildman–Crippen MR) is 97.3 cm³/mol. The number of anilines is 1. The van der Waals surface area contributed by atoms with E-state index in [1.807, 2.05) is 36.5 Å². The molecule has 1 aliphatic heterocycles. The van der Waals surface area contributed by atoms with E-state index in [1.165, 1.54) is 10.9 Å². The topological polar surface area (TPSA) is 63.4 Å². The first-order chi connectivity index (χ1) is 12.3. The van der Waals surface area contributed by atoms with Gasteiger partial charge in [0.2, 0.25) is 5.91 Å². The molecule has 5 heteroatoms. The van der Waals surface area contributed by atoms with Crippen LogP contribution in [0.1, 0.15) is 18.4 Å². The highest BCUT2D eigenvalue weighted by atomic mass is 16.6. The van der Waals surface area contributed by atoms with Crippen molar-refractivity contribution in [2.24, 2.45) is 0 Å². The van der Waals surface area contributed by atoms with Gasteiger partial charge in [-0.25, -0.2) is 0 Å². The average Bonchev–Trinajstić information content (AvgIpc) is 3.05. The van der Waals surface area contributed by atoms with E-state index in [9.17, 15) is 4.79 Å². The van der Waals surface area contributed by atoms with Crippen molar-refractivity contribution in [1.82, 2.24) is 4.98 Å². The van der Waals surface area contributed by atoms with Crippen molar-refractivity contribution in [3.8, 4) is 11.5 Å². The zero-order chi connectivity index (χ0) is 17.1. The fourth-order valence-corrected chi connectivity index (χ4v) is 3.12. The summed E-state index contributed by atoms with van der Waals surface area (Å²) >= 11 is 0. The van der Waals surface area contributed by atoms with Crippen molar-refractivity contribution in [2.75, 3.05) is 18.5 Å². The minimum absolute atomic E-state index is 0.0107. The van der Waals surface area contributed by atoms with Gasteiger partial charge in [-0.2, -0.15) is 0 Å². The molecule has 0 unspecified atom stereocenters. The van der Waals surface area contributed by atoms with Crippen molar-refractivity contribution < 1.29 is 14.3 Å². The lowest BCUT2D eigenvalue weighted by atomic mass is 10.1. The molecular formula is C20H20N2O3. The van der Waals surface area contributed by atoms with Crippen LogP contribution in [0.5, 0.6) is 11.5 Å². The van der Waals surface area contributed by atoms with Gasteiger partial charge in [0.05, 0.1) is 0 Å². The Kier molecular flexibility index (Phi) is 4.29. The fourth-order valence-electron chi connectivity index (χ4n) is 3.12. The Morgan fingerprint density at radius 1 is 1.08 bits per heavy atom. The van der Waals surface area contributed by atoms with Crippen LogP contribution in [0, 0.1) is 0 Å². The van der Waals surface area contributed by atoms with Crippen LogP contribution in [0.15, 0.2) is 48.7 Å². The van der Waals surface area contributed by atoms with Gasteiger partial charge in [-0.05, 0) is 36.6 Å². The molecule has 0 saturated heterocycles. The van der Waals surface area contributed by atoms with Crippen molar-refractivity contribution in [1.29, 1.82) is 0 Å². The maximum Gasteiger partial charge on any atom is 0.224 e. The van der Waals surface area contributed by atoms with Crippen molar-refractivity contribution in [2.45, 2.75) is 19.3 Å². The molecule has 0 radical (unpaired) electrons. The third kappa shape index (κ3) is 3.45. The number of aromatic nitrogens is 1. The number of benzene rings is 2. The Balaban J connectivity index is 1.32. The van der Waals surface area contributed by atoms with Gasteiger partial charge in [0.1, 0.15) is 13.2 Å². The SMILES string of the molecule is O=C(CCCc1c[nH]c2ccccc12)Nc1ccc2c(c1)OCCO2. The van der Waals surface area contributed by atoms with Crippen LogP contribution in [-0.4, -0.2) is 24.1 Å². The first kappa shape index (κ1) is 15.6. The number of amides is 1. The van der Waals surface area contributed by atoms with Crippen LogP contribution in [0.25, 0.3) is 10.9 Å². The number of aryl methyl sites for hydroxylation is 1. The molecule has 0 fully saturated rings. The number of carbonyl (C=O) groups is 1. The fraction of sp³-hybridized carbons (Fsp3) is 0.250. The summed E-state index contributed by atoms with van der Waals surface area (Å²) in [6.07, 6.45) is 4.19. The molecule has 128 valence electrons. The molecule has 0 aliphatic carbocycles. The summed E-state index contributed by atoms with van der Waals surface area (Å²) < 4.78 is 11.0. The van der Waals surface area contributed by atoms with E-state index in [4.69, 9.17) is 9.47 Å². The number of hydrogen-bond acceptors (Lipinski definition) is 3. The van der Waals surface area contributed by atoms with E-state index in [0.29, 0.717) is 25.4 Å². The minimum atomic E-state index is 0.0107. The zero-order valence-electron chi connectivity index (χ0n) is 13.9. The summed E-state index contributed by atoms with van der Waals surface area (Å²) in [4.78, 5) is 15.5. The predicted octanol–water partition coefficient (Wildman–Crippen LogP) is 3.90. The highest BCUT2D eigenvalue weighted by Gasteiger charge is 2.13. The Bertz CT molecular complexity index is 901. The van der Waals surface area contributed by atoms with Crippen LogP contribution < -0.4 is 14.8 Å². The van der Waals surface area contributed by atoms with E-state index in [-0.39, 0.29) is 5.91 Å². The van der Waals surface area contributed by atoms with Gasteiger partial charge in [0.15, 0.2) is 11.5 Å². The largest absolute Gasteiger partial charge is 0.486 e. The summed E-state index contributed by atoms with van der Waals surface area (Å²) in [5.74, 6) is 1.42. The van der Waals surface area contributed by atoms with Crippen LogP contribution in [0.4, 0.5) is 5.69 Å². The molecule has 1 aromatic heterocycles. The molecule has 2 heterocycles. The quantitative estimate of drug-likeness (QED) is 0.743. The summed E-state index contributed by atoms with van der Waals surface area (Å²) in [5, 5.41) is 4.16. The van der Waals surface area contributed by atoms with Gasteiger partial charge in [-0.15, -0.1) is 0 Å². The maximum atomic E-state index is 12.2.